The molecule has 0 radical (unpaired) electrons. The number of oxazole rings is 1. The molecule has 1 aromatic heterocycles. The molecule has 0 spiro atoms. The van der Waals surface area contributed by atoms with Gasteiger partial charge in [0.05, 0.1) is 12.5 Å². The van der Waals surface area contributed by atoms with Crippen LogP contribution in [0.15, 0.2) is 35.1 Å². The van der Waals surface area contributed by atoms with Crippen molar-refractivity contribution in [1.29, 1.82) is 0 Å². The highest BCUT2D eigenvalue weighted by Crippen LogP contribution is 2.26. The first kappa shape index (κ1) is 13.0. The molecule has 1 heterocycles. The fraction of sp³-hybridized carbons (Fsp3) is 0.357. The molecule has 0 aliphatic carbocycles. The summed E-state index contributed by atoms with van der Waals surface area (Å²) in [7, 11) is 0. The highest BCUT2D eigenvalue weighted by atomic mass is 35.5. The summed E-state index contributed by atoms with van der Waals surface area (Å²) >= 11 is 5.79. The molecular weight excluding hydrogens is 250 g/mol. The van der Waals surface area contributed by atoms with E-state index in [9.17, 15) is 0 Å². The van der Waals surface area contributed by atoms with Gasteiger partial charge in [-0.15, -0.1) is 11.6 Å². The van der Waals surface area contributed by atoms with Crippen LogP contribution < -0.4 is 4.74 Å². The van der Waals surface area contributed by atoms with E-state index in [-0.39, 0.29) is 0 Å². The minimum atomic E-state index is 0.348. The SMILES string of the molecule is CCCCOc1ccc(-c2ocnc2CCl)cc1. The minimum Gasteiger partial charge on any atom is -0.494 e. The van der Waals surface area contributed by atoms with E-state index in [0.29, 0.717) is 5.88 Å². The summed E-state index contributed by atoms with van der Waals surface area (Å²) in [6, 6.07) is 7.78. The van der Waals surface area contributed by atoms with Crippen LogP contribution in [-0.4, -0.2) is 11.6 Å². The maximum absolute atomic E-state index is 5.79. The van der Waals surface area contributed by atoms with Crippen molar-refractivity contribution < 1.29 is 9.15 Å². The van der Waals surface area contributed by atoms with E-state index >= 15 is 0 Å². The van der Waals surface area contributed by atoms with Gasteiger partial charge < -0.3 is 9.15 Å². The average Bonchev–Trinajstić information content (AvgIpc) is 2.88. The Bertz CT molecular complexity index is 479. The first-order valence-electron chi connectivity index (χ1n) is 6.06. The zero-order valence-electron chi connectivity index (χ0n) is 10.4. The number of hydrogen-bond donors (Lipinski definition) is 0. The van der Waals surface area contributed by atoms with Gasteiger partial charge in [-0.2, -0.15) is 0 Å². The number of ether oxygens (including phenoxy) is 1. The van der Waals surface area contributed by atoms with E-state index in [1.165, 1.54) is 6.39 Å². The molecule has 0 saturated heterocycles. The molecule has 2 rings (SSSR count). The molecule has 0 bridgehead atoms. The van der Waals surface area contributed by atoms with Gasteiger partial charge in [-0.3, -0.25) is 0 Å². The topological polar surface area (TPSA) is 35.3 Å². The van der Waals surface area contributed by atoms with E-state index in [1.807, 2.05) is 24.3 Å². The van der Waals surface area contributed by atoms with Crippen LogP contribution in [0.3, 0.4) is 0 Å². The van der Waals surface area contributed by atoms with Crippen molar-refractivity contribution in [2.24, 2.45) is 0 Å². The summed E-state index contributed by atoms with van der Waals surface area (Å²) in [6.45, 7) is 2.90. The maximum Gasteiger partial charge on any atom is 0.181 e. The minimum absolute atomic E-state index is 0.348. The normalized spacial score (nSPS) is 10.6. The molecule has 0 atom stereocenters. The fourth-order valence-electron chi connectivity index (χ4n) is 1.64. The lowest BCUT2D eigenvalue weighted by atomic mass is 10.1. The van der Waals surface area contributed by atoms with Crippen molar-refractivity contribution in [3.63, 3.8) is 0 Å². The molecule has 0 amide bonds. The van der Waals surface area contributed by atoms with E-state index in [0.717, 1.165) is 42.2 Å². The molecule has 96 valence electrons. The van der Waals surface area contributed by atoms with Gasteiger partial charge in [0.2, 0.25) is 0 Å². The Labute approximate surface area is 112 Å². The molecule has 18 heavy (non-hydrogen) atoms. The maximum atomic E-state index is 5.79. The Morgan fingerprint density at radius 2 is 2.06 bits per heavy atom. The lowest BCUT2D eigenvalue weighted by Gasteiger charge is -2.05. The van der Waals surface area contributed by atoms with Crippen LogP contribution in [0.5, 0.6) is 5.75 Å². The van der Waals surface area contributed by atoms with Gasteiger partial charge in [-0.05, 0) is 30.7 Å². The lowest BCUT2D eigenvalue weighted by Crippen LogP contribution is -1.96. The van der Waals surface area contributed by atoms with Gasteiger partial charge >= 0.3 is 0 Å². The van der Waals surface area contributed by atoms with Gasteiger partial charge in [0, 0.05) is 5.56 Å². The highest BCUT2D eigenvalue weighted by molar-refractivity contribution is 6.17. The second-order valence-electron chi connectivity index (χ2n) is 3.99. The molecule has 1 aromatic carbocycles. The standard InChI is InChI=1S/C14H16ClNO2/c1-2-3-8-17-12-6-4-11(5-7-12)14-13(9-15)16-10-18-14/h4-7,10H,2-3,8-9H2,1H3. The lowest BCUT2D eigenvalue weighted by molar-refractivity contribution is 0.309. The summed E-state index contributed by atoms with van der Waals surface area (Å²) in [6.07, 6.45) is 3.62. The van der Waals surface area contributed by atoms with Crippen LogP contribution >= 0.6 is 11.6 Å². The van der Waals surface area contributed by atoms with E-state index in [4.69, 9.17) is 20.8 Å². The Morgan fingerprint density at radius 1 is 1.28 bits per heavy atom. The molecule has 0 aliphatic heterocycles. The molecule has 0 unspecified atom stereocenters. The third kappa shape index (κ3) is 3.05. The fourth-order valence-corrected chi connectivity index (χ4v) is 1.83. The zero-order valence-corrected chi connectivity index (χ0v) is 11.1. The van der Waals surface area contributed by atoms with Gasteiger partial charge in [-0.25, -0.2) is 4.98 Å². The Morgan fingerprint density at radius 3 is 2.72 bits per heavy atom. The number of hydrogen-bond acceptors (Lipinski definition) is 3. The predicted octanol–water partition coefficient (Wildman–Crippen LogP) is 4.26. The Balaban J connectivity index is 2.07. The number of benzene rings is 1. The van der Waals surface area contributed by atoms with E-state index in [2.05, 4.69) is 11.9 Å². The number of unbranched alkanes of at least 4 members (excludes halogenated alkanes) is 1. The largest absolute Gasteiger partial charge is 0.494 e. The van der Waals surface area contributed by atoms with Crippen molar-refractivity contribution in [2.45, 2.75) is 25.6 Å². The summed E-state index contributed by atoms with van der Waals surface area (Å²) in [4.78, 5) is 4.06. The molecule has 0 fully saturated rings. The van der Waals surface area contributed by atoms with Crippen LogP contribution in [0, 0.1) is 0 Å². The van der Waals surface area contributed by atoms with Crippen LogP contribution in [0.25, 0.3) is 11.3 Å². The second kappa shape index (κ2) is 6.45. The third-order valence-electron chi connectivity index (χ3n) is 2.65. The molecule has 2 aromatic rings. The van der Waals surface area contributed by atoms with Crippen molar-refractivity contribution in [2.75, 3.05) is 6.61 Å². The molecule has 0 saturated carbocycles. The summed E-state index contributed by atoms with van der Waals surface area (Å²) in [5, 5.41) is 0. The van der Waals surface area contributed by atoms with E-state index in [1.54, 1.807) is 0 Å². The van der Waals surface area contributed by atoms with Crippen molar-refractivity contribution in [3.8, 4) is 17.1 Å². The first-order valence-corrected chi connectivity index (χ1v) is 6.60. The smallest absolute Gasteiger partial charge is 0.181 e. The molecular formula is C14H16ClNO2. The first-order chi connectivity index (χ1) is 8.85. The van der Waals surface area contributed by atoms with Crippen LogP contribution in [0.1, 0.15) is 25.5 Å². The van der Waals surface area contributed by atoms with Gasteiger partial charge in [0.25, 0.3) is 0 Å². The quantitative estimate of drug-likeness (QED) is 0.578. The number of aromatic nitrogens is 1. The monoisotopic (exact) mass is 265 g/mol. The Hall–Kier alpha value is -1.48. The summed E-state index contributed by atoms with van der Waals surface area (Å²) in [5.74, 6) is 1.95. The van der Waals surface area contributed by atoms with E-state index < -0.39 is 0 Å². The van der Waals surface area contributed by atoms with Crippen molar-refractivity contribution in [3.05, 3.63) is 36.4 Å². The molecule has 4 heteroatoms. The van der Waals surface area contributed by atoms with Crippen LogP contribution in [-0.2, 0) is 5.88 Å². The molecule has 0 aliphatic rings. The molecule has 3 nitrogen and oxygen atoms in total. The number of halogens is 1. The van der Waals surface area contributed by atoms with Gasteiger partial charge in [-0.1, -0.05) is 13.3 Å². The number of alkyl halides is 1. The van der Waals surface area contributed by atoms with Crippen molar-refractivity contribution in [1.82, 2.24) is 4.98 Å². The summed E-state index contributed by atoms with van der Waals surface area (Å²) in [5.41, 5.74) is 1.72. The predicted molar refractivity (Wildman–Crippen MR) is 71.9 cm³/mol. The van der Waals surface area contributed by atoms with Crippen LogP contribution in [0.2, 0.25) is 0 Å². The van der Waals surface area contributed by atoms with Gasteiger partial charge in [0.1, 0.15) is 11.4 Å². The number of nitrogens with zero attached hydrogens (tertiary/aromatic N) is 1. The summed E-state index contributed by atoms with van der Waals surface area (Å²) < 4.78 is 10.9. The van der Waals surface area contributed by atoms with Crippen LogP contribution in [0.4, 0.5) is 0 Å². The average molecular weight is 266 g/mol. The highest BCUT2D eigenvalue weighted by Gasteiger charge is 2.09. The van der Waals surface area contributed by atoms with Gasteiger partial charge in [0.15, 0.2) is 12.2 Å². The van der Waals surface area contributed by atoms with Crippen molar-refractivity contribution >= 4 is 11.6 Å². The second-order valence-corrected chi connectivity index (χ2v) is 4.26. The molecule has 0 N–H and O–H groups in total. The number of rotatable bonds is 6. The Kier molecular flexibility index (Phi) is 4.65. The zero-order chi connectivity index (χ0) is 12.8. The third-order valence-corrected chi connectivity index (χ3v) is 2.90.